The molecule has 17 heavy (non-hydrogen) atoms. The van der Waals surface area contributed by atoms with E-state index in [0.29, 0.717) is 5.76 Å². The van der Waals surface area contributed by atoms with Gasteiger partial charge in [-0.05, 0) is 26.3 Å². The summed E-state index contributed by atoms with van der Waals surface area (Å²) in [6.45, 7) is 2.60. The summed E-state index contributed by atoms with van der Waals surface area (Å²) in [5.41, 5.74) is 0.719. The number of aromatic nitrogens is 1. The van der Waals surface area contributed by atoms with Gasteiger partial charge in [-0.25, -0.2) is 0 Å². The van der Waals surface area contributed by atoms with E-state index in [1.807, 2.05) is 0 Å². The SMILES string of the molecule is Cc1cc(CC(=O)NC(=O)C2CCCN2)on1. The fourth-order valence-corrected chi connectivity index (χ4v) is 1.83. The van der Waals surface area contributed by atoms with Crippen LogP contribution in [0.25, 0.3) is 0 Å². The summed E-state index contributed by atoms with van der Waals surface area (Å²) in [6.07, 6.45) is 1.79. The van der Waals surface area contributed by atoms with Gasteiger partial charge in [0.25, 0.3) is 0 Å². The molecule has 0 saturated carbocycles. The van der Waals surface area contributed by atoms with Crippen LogP contribution in [-0.2, 0) is 16.0 Å². The molecule has 1 aromatic heterocycles. The summed E-state index contributed by atoms with van der Waals surface area (Å²) >= 11 is 0. The van der Waals surface area contributed by atoms with Gasteiger partial charge in [-0.2, -0.15) is 0 Å². The second kappa shape index (κ2) is 5.09. The summed E-state index contributed by atoms with van der Waals surface area (Å²) in [5, 5.41) is 9.06. The normalized spacial score (nSPS) is 19.2. The second-order valence-electron chi connectivity index (χ2n) is 4.17. The molecule has 1 unspecified atom stereocenters. The molecule has 92 valence electrons. The number of amides is 2. The molecular formula is C11H15N3O3. The van der Waals surface area contributed by atoms with Crippen molar-refractivity contribution in [3.63, 3.8) is 0 Å². The molecule has 2 N–H and O–H groups in total. The van der Waals surface area contributed by atoms with Crippen molar-refractivity contribution in [2.75, 3.05) is 6.54 Å². The fraction of sp³-hybridized carbons (Fsp3) is 0.545. The standard InChI is InChI=1S/C11H15N3O3/c1-7-5-8(17-14-7)6-10(15)13-11(16)9-3-2-4-12-9/h5,9,12H,2-4,6H2,1H3,(H,13,15,16). The van der Waals surface area contributed by atoms with E-state index in [0.717, 1.165) is 25.1 Å². The summed E-state index contributed by atoms with van der Waals surface area (Å²) < 4.78 is 4.90. The van der Waals surface area contributed by atoms with E-state index in [-0.39, 0.29) is 24.3 Å². The molecule has 1 aliphatic rings. The van der Waals surface area contributed by atoms with Crippen LogP contribution in [0.5, 0.6) is 0 Å². The van der Waals surface area contributed by atoms with Crippen molar-refractivity contribution in [1.29, 1.82) is 0 Å². The second-order valence-corrected chi connectivity index (χ2v) is 4.17. The highest BCUT2D eigenvalue weighted by molar-refractivity contribution is 5.98. The first-order valence-corrected chi connectivity index (χ1v) is 5.64. The van der Waals surface area contributed by atoms with Crippen molar-refractivity contribution in [2.24, 2.45) is 0 Å². The number of carbonyl (C=O) groups excluding carboxylic acids is 2. The van der Waals surface area contributed by atoms with E-state index in [9.17, 15) is 9.59 Å². The molecule has 6 heteroatoms. The molecule has 0 aromatic carbocycles. The third-order valence-corrected chi connectivity index (χ3v) is 2.65. The van der Waals surface area contributed by atoms with Crippen LogP contribution in [0, 0.1) is 6.92 Å². The minimum absolute atomic E-state index is 0.0410. The van der Waals surface area contributed by atoms with Gasteiger partial charge >= 0.3 is 0 Å². The quantitative estimate of drug-likeness (QED) is 0.768. The van der Waals surface area contributed by atoms with Gasteiger partial charge in [0, 0.05) is 6.07 Å². The van der Waals surface area contributed by atoms with Crippen LogP contribution in [0.3, 0.4) is 0 Å². The first-order valence-electron chi connectivity index (χ1n) is 5.64. The van der Waals surface area contributed by atoms with E-state index in [2.05, 4.69) is 15.8 Å². The Hall–Kier alpha value is -1.69. The highest BCUT2D eigenvalue weighted by atomic mass is 16.5. The Bertz CT molecular complexity index is 421. The summed E-state index contributed by atoms with van der Waals surface area (Å²) in [4.78, 5) is 23.2. The number of hydrogen-bond donors (Lipinski definition) is 2. The van der Waals surface area contributed by atoms with Crippen molar-refractivity contribution in [3.8, 4) is 0 Å². The minimum Gasteiger partial charge on any atom is -0.361 e. The van der Waals surface area contributed by atoms with Crippen LogP contribution in [0.2, 0.25) is 0 Å². The van der Waals surface area contributed by atoms with Crippen LogP contribution < -0.4 is 10.6 Å². The highest BCUT2D eigenvalue weighted by Gasteiger charge is 2.23. The zero-order valence-electron chi connectivity index (χ0n) is 9.66. The van der Waals surface area contributed by atoms with E-state index in [1.54, 1.807) is 13.0 Å². The average molecular weight is 237 g/mol. The maximum atomic E-state index is 11.6. The number of nitrogens with zero attached hydrogens (tertiary/aromatic N) is 1. The lowest BCUT2D eigenvalue weighted by Gasteiger charge is -2.08. The van der Waals surface area contributed by atoms with Gasteiger partial charge in [-0.15, -0.1) is 0 Å². The summed E-state index contributed by atoms with van der Waals surface area (Å²) in [7, 11) is 0. The largest absolute Gasteiger partial charge is 0.361 e. The van der Waals surface area contributed by atoms with Crippen molar-refractivity contribution < 1.29 is 14.1 Å². The molecule has 0 spiro atoms. The van der Waals surface area contributed by atoms with Gasteiger partial charge in [0.05, 0.1) is 18.2 Å². The van der Waals surface area contributed by atoms with E-state index in [1.165, 1.54) is 0 Å². The molecule has 1 fully saturated rings. The first-order chi connectivity index (χ1) is 8.15. The lowest BCUT2D eigenvalue weighted by molar-refractivity contribution is -0.131. The summed E-state index contributed by atoms with van der Waals surface area (Å²) in [6, 6.07) is 1.44. The Labute approximate surface area is 98.7 Å². The average Bonchev–Trinajstić information content (AvgIpc) is 2.89. The number of hydrogen-bond acceptors (Lipinski definition) is 5. The smallest absolute Gasteiger partial charge is 0.243 e. The van der Waals surface area contributed by atoms with E-state index < -0.39 is 0 Å². The van der Waals surface area contributed by atoms with Crippen molar-refractivity contribution in [1.82, 2.24) is 15.8 Å². The molecule has 0 radical (unpaired) electrons. The number of carbonyl (C=O) groups is 2. The molecule has 1 aromatic rings. The Morgan fingerprint density at radius 2 is 2.47 bits per heavy atom. The van der Waals surface area contributed by atoms with Gasteiger partial charge in [0.15, 0.2) is 0 Å². The lowest BCUT2D eigenvalue weighted by Crippen LogP contribution is -2.43. The van der Waals surface area contributed by atoms with Gasteiger partial charge in [0.2, 0.25) is 11.8 Å². The van der Waals surface area contributed by atoms with E-state index in [4.69, 9.17) is 4.52 Å². The topological polar surface area (TPSA) is 84.2 Å². The molecule has 0 aliphatic carbocycles. The zero-order chi connectivity index (χ0) is 12.3. The molecule has 1 atom stereocenters. The van der Waals surface area contributed by atoms with Crippen molar-refractivity contribution in [2.45, 2.75) is 32.2 Å². The zero-order valence-corrected chi connectivity index (χ0v) is 9.66. The van der Waals surface area contributed by atoms with Gasteiger partial charge in [0.1, 0.15) is 5.76 Å². The van der Waals surface area contributed by atoms with Crippen LogP contribution in [0.15, 0.2) is 10.6 Å². The summed E-state index contributed by atoms with van der Waals surface area (Å²) in [5.74, 6) is -0.157. The van der Waals surface area contributed by atoms with Crippen molar-refractivity contribution >= 4 is 11.8 Å². The highest BCUT2D eigenvalue weighted by Crippen LogP contribution is 2.05. The van der Waals surface area contributed by atoms with Gasteiger partial charge in [-0.3, -0.25) is 14.9 Å². The molecule has 0 bridgehead atoms. The molecular weight excluding hydrogens is 222 g/mol. The third-order valence-electron chi connectivity index (χ3n) is 2.65. The van der Waals surface area contributed by atoms with Crippen LogP contribution >= 0.6 is 0 Å². The predicted octanol–water partition coefficient (Wildman–Crippen LogP) is -0.0797. The Balaban J connectivity index is 1.82. The van der Waals surface area contributed by atoms with Gasteiger partial charge in [-0.1, -0.05) is 5.16 Å². The number of rotatable bonds is 3. The predicted molar refractivity (Wildman–Crippen MR) is 59.1 cm³/mol. The molecule has 1 aliphatic heterocycles. The monoisotopic (exact) mass is 237 g/mol. The third kappa shape index (κ3) is 3.13. The molecule has 6 nitrogen and oxygen atoms in total. The minimum atomic E-state index is -0.361. The molecule has 2 rings (SSSR count). The van der Waals surface area contributed by atoms with E-state index >= 15 is 0 Å². The fourth-order valence-electron chi connectivity index (χ4n) is 1.83. The number of aryl methyl sites for hydroxylation is 1. The Morgan fingerprint density at radius 3 is 3.06 bits per heavy atom. The maximum Gasteiger partial charge on any atom is 0.243 e. The number of imide groups is 1. The van der Waals surface area contributed by atoms with Crippen LogP contribution in [-0.4, -0.2) is 29.6 Å². The van der Waals surface area contributed by atoms with Crippen molar-refractivity contribution in [3.05, 3.63) is 17.5 Å². The number of nitrogens with one attached hydrogen (secondary N) is 2. The van der Waals surface area contributed by atoms with Crippen LogP contribution in [0.4, 0.5) is 0 Å². The molecule has 2 heterocycles. The first kappa shape index (κ1) is 11.8. The molecule has 1 saturated heterocycles. The lowest BCUT2D eigenvalue weighted by atomic mass is 10.2. The Morgan fingerprint density at radius 1 is 1.65 bits per heavy atom. The van der Waals surface area contributed by atoms with Crippen LogP contribution in [0.1, 0.15) is 24.3 Å². The Kier molecular flexibility index (Phi) is 3.53. The maximum absolute atomic E-state index is 11.6. The molecule has 2 amide bonds. The van der Waals surface area contributed by atoms with Gasteiger partial charge < -0.3 is 9.84 Å².